The summed E-state index contributed by atoms with van der Waals surface area (Å²) >= 11 is 6.18. The van der Waals surface area contributed by atoms with Gasteiger partial charge in [0.1, 0.15) is 4.90 Å². The Bertz CT molecular complexity index is 732. The van der Waals surface area contributed by atoms with E-state index in [0.717, 1.165) is 45.3 Å². The van der Waals surface area contributed by atoms with Crippen LogP contribution in [-0.2, 0) is 10.0 Å². The van der Waals surface area contributed by atoms with E-state index in [1.165, 1.54) is 16.4 Å². The predicted octanol–water partition coefficient (Wildman–Crippen LogP) is 3.40. The van der Waals surface area contributed by atoms with E-state index in [9.17, 15) is 13.2 Å². The van der Waals surface area contributed by atoms with Gasteiger partial charge in [-0.2, -0.15) is 4.31 Å². The molecular weight excluding hydrogens is 421 g/mol. The maximum Gasteiger partial charge on any atom is 0.251 e. The molecule has 0 radical (unpaired) electrons. The third-order valence-electron chi connectivity index (χ3n) is 4.98. The van der Waals surface area contributed by atoms with Crippen LogP contribution in [0.2, 0.25) is 5.02 Å². The van der Waals surface area contributed by atoms with Gasteiger partial charge in [-0.1, -0.05) is 38.3 Å². The summed E-state index contributed by atoms with van der Waals surface area (Å²) in [5, 5.41) is 3.01. The van der Waals surface area contributed by atoms with E-state index in [-0.39, 0.29) is 28.2 Å². The number of sulfonamides is 1. The molecule has 1 aliphatic rings. The summed E-state index contributed by atoms with van der Waals surface area (Å²) in [6.07, 6.45) is 3.77. The Morgan fingerprint density at radius 1 is 1.14 bits per heavy atom. The first kappa shape index (κ1) is 25.2. The number of carbonyl (C=O) groups is 1. The Kier molecular flexibility index (Phi) is 10.8. The highest BCUT2D eigenvalue weighted by Gasteiger charge is 2.28. The summed E-state index contributed by atoms with van der Waals surface area (Å²) in [5.41, 5.74) is 0.312. The van der Waals surface area contributed by atoms with Gasteiger partial charge in [-0.25, -0.2) is 8.42 Å². The summed E-state index contributed by atoms with van der Waals surface area (Å²) in [6, 6.07) is 4.46. The van der Waals surface area contributed by atoms with Crippen LogP contribution in [0.1, 0.15) is 49.9 Å². The molecule has 1 amide bonds. The quantitative estimate of drug-likeness (QED) is 0.657. The number of hydrogen-bond acceptors (Lipinski definition) is 4. The molecule has 9 heteroatoms. The SMILES string of the molecule is CCN(CC)CCNC(=O)c1ccc(Cl)c(S(=O)(=O)N2CCCCCC2)c1.Cl. The fourth-order valence-electron chi connectivity index (χ4n) is 3.23. The Morgan fingerprint density at radius 3 is 2.32 bits per heavy atom. The first-order valence-electron chi connectivity index (χ1n) is 9.70. The lowest BCUT2D eigenvalue weighted by Crippen LogP contribution is -2.35. The van der Waals surface area contributed by atoms with E-state index < -0.39 is 10.0 Å². The number of benzene rings is 1. The van der Waals surface area contributed by atoms with Crippen molar-refractivity contribution in [3.8, 4) is 0 Å². The molecule has 0 atom stereocenters. The molecule has 0 spiro atoms. The van der Waals surface area contributed by atoms with Crippen LogP contribution >= 0.6 is 24.0 Å². The van der Waals surface area contributed by atoms with Crippen LogP contribution < -0.4 is 5.32 Å². The smallest absolute Gasteiger partial charge is 0.251 e. The lowest BCUT2D eigenvalue weighted by molar-refractivity contribution is 0.0948. The number of rotatable bonds is 8. The van der Waals surface area contributed by atoms with Crippen molar-refractivity contribution in [3.05, 3.63) is 28.8 Å². The van der Waals surface area contributed by atoms with Crippen molar-refractivity contribution in [1.82, 2.24) is 14.5 Å². The van der Waals surface area contributed by atoms with Crippen molar-refractivity contribution in [3.63, 3.8) is 0 Å². The Morgan fingerprint density at radius 2 is 1.75 bits per heavy atom. The Labute approximate surface area is 180 Å². The third kappa shape index (κ3) is 6.59. The molecule has 1 aliphatic heterocycles. The molecule has 1 heterocycles. The van der Waals surface area contributed by atoms with Crippen LogP contribution in [0, 0.1) is 0 Å². The van der Waals surface area contributed by atoms with Crippen LogP contribution in [-0.4, -0.2) is 62.8 Å². The summed E-state index contributed by atoms with van der Waals surface area (Å²) in [6.45, 7) is 8.26. The van der Waals surface area contributed by atoms with Crippen molar-refractivity contribution in [2.45, 2.75) is 44.4 Å². The van der Waals surface area contributed by atoms with Crippen molar-refractivity contribution in [2.75, 3.05) is 39.3 Å². The highest BCUT2D eigenvalue weighted by atomic mass is 35.5. The average Bonchev–Trinajstić information content (AvgIpc) is 2.95. The summed E-state index contributed by atoms with van der Waals surface area (Å²) in [5.74, 6) is -0.286. The van der Waals surface area contributed by atoms with Crippen molar-refractivity contribution in [2.24, 2.45) is 0 Å². The minimum Gasteiger partial charge on any atom is -0.351 e. The van der Waals surface area contributed by atoms with Crippen molar-refractivity contribution in [1.29, 1.82) is 0 Å². The topological polar surface area (TPSA) is 69.7 Å². The maximum atomic E-state index is 13.0. The molecule has 0 aromatic heterocycles. The second-order valence-electron chi connectivity index (χ2n) is 6.75. The largest absolute Gasteiger partial charge is 0.351 e. The number of amides is 1. The summed E-state index contributed by atoms with van der Waals surface area (Å²) in [4.78, 5) is 14.7. The number of hydrogen-bond donors (Lipinski definition) is 1. The number of nitrogens with zero attached hydrogens (tertiary/aromatic N) is 2. The second-order valence-corrected chi connectivity index (χ2v) is 9.06. The minimum atomic E-state index is -3.70. The van der Waals surface area contributed by atoms with Gasteiger partial charge in [0.25, 0.3) is 5.91 Å². The number of nitrogens with one attached hydrogen (secondary N) is 1. The molecule has 1 N–H and O–H groups in total. The third-order valence-corrected chi connectivity index (χ3v) is 7.36. The van der Waals surface area contributed by atoms with Gasteiger partial charge in [0.2, 0.25) is 10.0 Å². The first-order chi connectivity index (χ1) is 12.9. The zero-order valence-electron chi connectivity index (χ0n) is 16.6. The molecule has 28 heavy (non-hydrogen) atoms. The molecule has 2 rings (SSSR count). The Balaban J connectivity index is 0.00000392. The lowest BCUT2D eigenvalue weighted by Gasteiger charge is -2.21. The molecule has 1 aromatic carbocycles. The summed E-state index contributed by atoms with van der Waals surface area (Å²) < 4.78 is 27.5. The minimum absolute atomic E-state index is 0. The van der Waals surface area contributed by atoms with E-state index >= 15 is 0 Å². The standard InChI is InChI=1S/C19H30ClN3O3S.ClH/c1-3-22(4-2)14-11-21-19(24)16-9-10-17(20)18(15-16)27(25,26)23-12-7-5-6-8-13-23;/h9-10,15H,3-8,11-14H2,1-2H3,(H,21,24);1H. The van der Waals surface area contributed by atoms with Crippen molar-refractivity contribution >= 4 is 39.9 Å². The van der Waals surface area contributed by atoms with Crippen LogP contribution in [0.5, 0.6) is 0 Å². The summed E-state index contributed by atoms with van der Waals surface area (Å²) in [7, 11) is -3.70. The Hall–Kier alpha value is -0.860. The highest BCUT2D eigenvalue weighted by molar-refractivity contribution is 7.89. The maximum absolute atomic E-state index is 13.0. The second kappa shape index (κ2) is 12.0. The van der Waals surface area contributed by atoms with Gasteiger partial charge in [0.05, 0.1) is 5.02 Å². The van der Waals surface area contributed by atoms with Crippen LogP contribution in [0.4, 0.5) is 0 Å². The van der Waals surface area contributed by atoms with Gasteiger partial charge in [-0.3, -0.25) is 4.79 Å². The molecule has 1 saturated heterocycles. The van der Waals surface area contributed by atoms with E-state index in [4.69, 9.17) is 11.6 Å². The molecule has 6 nitrogen and oxygen atoms in total. The van der Waals surface area contributed by atoms with Gasteiger partial charge >= 0.3 is 0 Å². The van der Waals surface area contributed by atoms with Crippen LogP contribution in [0.15, 0.2) is 23.1 Å². The van der Waals surface area contributed by atoms with Crippen LogP contribution in [0.25, 0.3) is 0 Å². The average molecular weight is 452 g/mol. The van der Waals surface area contributed by atoms with E-state index in [1.807, 2.05) is 0 Å². The molecule has 0 saturated carbocycles. The fourth-order valence-corrected chi connectivity index (χ4v) is 5.25. The molecule has 0 unspecified atom stereocenters. The lowest BCUT2D eigenvalue weighted by atomic mass is 10.2. The van der Waals surface area contributed by atoms with E-state index in [2.05, 4.69) is 24.1 Å². The van der Waals surface area contributed by atoms with Gasteiger partial charge in [-0.15, -0.1) is 12.4 Å². The van der Waals surface area contributed by atoms with Gasteiger partial charge < -0.3 is 10.2 Å². The molecule has 160 valence electrons. The van der Waals surface area contributed by atoms with Crippen LogP contribution in [0.3, 0.4) is 0 Å². The number of carbonyl (C=O) groups excluding carboxylic acids is 1. The fraction of sp³-hybridized carbons (Fsp3) is 0.632. The predicted molar refractivity (Wildman–Crippen MR) is 116 cm³/mol. The number of halogens is 2. The van der Waals surface area contributed by atoms with Crippen molar-refractivity contribution < 1.29 is 13.2 Å². The zero-order valence-corrected chi connectivity index (χ0v) is 19.0. The van der Waals surface area contributed by atoms with Gasteiger partial charge in [0.15, 0.2) is 0 Å². The molecule has 0 bridgehead atoms. The van der Waals surface area contributed by atoms with E-state index in [1.54, 1.807) is 6.07 Å². The van der Waals surface area contributed by atoms with Gasteiger partial charge in [0, 0.05) is 31.7 Å². The normalized spacial score (nSPS) is 15.7. The zero-order chi connectivity index (χ0) is 19.9. The molecule has 1 fully saturated rings. The highest BCUT2D eigenvalue weighted by Crippen LogP contribution is 2.27. The monoisotopic (exact) mass is 451 g/mol. The molecular formula is C19H31Cl2N3O3S. The molecule has 1 aromatic rings. The first-order valence-corrected chi connectivity index (χ1v) is 11.5. The van der Waals surface area contributed by atoms with Gasteiger partial charge in [-0.05, 0) is 44.1 Å². The number of likely N-dealkylation sites (N-methyl/N-ethyl adjacent to an activating group) is 1. The van der Waals surface area contributed by atoms with E-state index in [0.29, 0.717) is 25.2 Å². The molecule has 0 aliphatic carbocycles.